The molecule has 102 valence electrons. The number of ketones is 1. The van der Waals surface area contributed by atoms with E-state index in [1.165, 1.54) is 0 Å². The molecule has 0 aromatic rings. The molecule has 1 N–H and O–H groups in total. The summed E-state index contributed by atoms with van der Waals surface area (Å²) in [5, 5.41) is 10.7. The molecule has 6 atom stereocenters. The van der Waals surface area contributed by atoms with E-state index < -0.39 is 23.4 Å². The maximum Gasteiger partial charge on any atom is 0.334 e. The molecular formula is C15H18O4. The number of allylic oxidation sites excluding steroid dienone is 2. The van der Waals surface area contributed by atoms with Gasteiger partial charge in [-0.25, -0.2) is 4.79 Å². The van der Waals surface area contributed by atoms with Crippen molar-refractivity contribution < 1.29 is 19.4 Å². The highest BCUT2D eigenvalue weighted by molar-refractivity contribution is 5.99. The second-order valence-corrected chi connectivity index (χ2v) is 6.18. The van der Waals surface area contributed by atoms with E-state index in [-0.39, 0.29) is 23.7 Å². The van der Waals surface area contributed by atoms with Crippen LogP contribution in [0.15, 0.2) is 24.3 Å². The fourth-order valence-corrected chi connectivity index (χ4v) is 3.98. The molecule has 0 aromatic carbocycles. The van der Waals surface area contributed by atoms with Gasteiger partial charge < -0.3 is 9.84 Å². The number of hydrogen-bond donors (Lipinski definition) is 1. The van der Waals surface area contributed by atoms with Crippen LogP contribution in [0.3, 0.4) is 0 Å². The average molecular weight is 262 g/mol. The molecule has 0 aromatic heterocycles. The summed E-state index contributed by atoms with van der Waals surface area (Å²) in [6, 6.07) is 0. The van der Waals surface area contributed by atoms with E-state index in [1.807, 2.05) is 13.0 Å². The number of carbonyl (C=O) groups excluding carboxylic acids is 2. The van der Waals surface area contributed by atoms with Crippen LogP contribution in [0.25, 0.3) is 0 Å². The minimum atomic E-state index is -0.922. The van der Waals surface area contributed by atoms with Crippen molar-refractivity contribution in [3.63, 3.8) is 0 Å². The molecule has 1 heterocycles. The molecule has 19 heavy (non-hydrogen) atoms. The Kier molecular flexibility index (Phi) is 2.52. The van der Waals surface area contributed by atoms with Crippen molar-refractivity contribution in [2.75, 3.05) is 0 Å². The molecule has 1 saturated carbocycles. The first-order valence-corrected chi connectivity index (χ1v) is 6.68. The summed E-state index contributed by atoms with van der Waals surface area (Å²) in [6.45, 7) is 7.57. The first-order valence-electron chi connectivity index (χ1n) is 6.68. The molecule has 3 aliphatic rings. The predicted molar refractivity (Wildman–Crippen MR) is 68.0 cm³/mol. The minimum Gasteiger partial charge on any atom is -0.458 e. The van der Waals surface area contributed by atoms with Crippen LogP contribution in [0.1, 0.15) is 20.3 Å². The van der Waals surface area contributed by atoms with Gasteiger partial charge in [-0.3, -0.25) is 4.79 Å². The number of carbonyl (C=O) groups is 2. The zero-order chi connectivity index (χ0) is 13.9. The topological polar surface area (TPSA) is 63.6 Å². The number of hydrogen-bond acceptors (Lipinski definition) is 4. The lowest BCUT2D eigenvalue weighted by atomic mass is 9.67. The predicted octanol–water partition coefficient (Wildman–Crippen LogP) is 1.25. The standard InChI is InChI=1S/C15H18O4/c1-7-6-10-12(8(2)14(18)19-10)13(17)15(3)9(7)4-5-11(15)16/h4-5,7,9-10,12-13,17H,2,6H2,1,3H3/t7-,9?,10-,12-,13+,15+/m1/s1. The van der Waals surface area contributed by atoms with Crippen LogP contribution in [0.5, 0.6) is 0 Å². The van der Waals surface area contributed by atoms with Crippen molar-refractivity contribution in [1.82, 2.24) is 0 Å². The first kappa shape index (κ1) is 12.6. The lowest BCUT2D eigenvalue weighted by Gasteiger charge is -2.37. The molecule has 4 heteroatoms. The minimum absolute atomic E-state index is 0.00731. The van der Waals surface area contributed by atoms with E-state index in [0.29, 0.717) is 12.0 Å². The van der Waals surface area contributed by atoms with E-state index in [0.717, 1.165) is 0 Å². The third kappa shape index (κ3) is 1.43. The van der Waals surface area contributed by atoms with Gasteiger partial charge in [-0.15, -0.1) is 0 Å². The first-order chi connectivity index (χ1) is 8.87. The Labute approximate surface area is 112 Å². The third-order valence-corrected chi connectivity index (χ3v) is 5.17. The summed E-state index contributed by atoms with van der Waals surface area (Å²) >= 11 is 0. The van der Waals surface area contributed by atoms with Crippen molar-refractivity contribution in [2.45, 2.75) is 32.5 Å². The number of esters is 1. The van der Waals surface area contributed by atoms with Crippen molar-refractivity contribution in [2.24, 2.45) is 23.2 Å². The maximum atomic E-state index is 12.2. The molecule has 1 aliphatic heterocycles. The molecule has 1 unspecified atom stereocenters. The monoisotopic (exact) mass is 262 g/mol. The summed E-state index contributed by atoms with van der Waals surface area (Å²) in [5.41, 5.74) is -0.568. The Morgan fingerprint density at radius 1 is 1.47 bits per heavy atom. The zero-order valence-electron chi connectivity index (χ0n) is 11.1. The van der Waals surface area contributed by atoms with Gasteiger partial charge in [0.25, 0.3) is 0 Å². The molecule has 0 radical (unpaired) electrons. The Hall–Kier alpha value is -1.42. The Balaban J connectivity index is 2.08. The van der Waals surface area contributed by atoms with Gasteiger partial charge in [0.05, 0.1) is 17.4 Å². The molecule has 0 amide bonds. The van der Waals surface area contributed by atoms with Crippen molar-refractivity contribution in [3.8, 4) is 0 Å². The van der Waals surface area contributed by atoms with Crippen LogP contribution < -0.4 is 0 Å². The van der Waals surface area contributed by atoms with Crippen molar-refractivity contribution in [1.29, 1.82) is 0 Å². The maximum absolute atomic E-state index is 12.2. The number of aliphatic hydroxyl groups is 1. The van der Waals surface area contributed by atoms with E-state index in [4.69, 9.17) is 4.74 Å². The molecule has 0 bridgehead atoms. The fraction of sp³-hybridized carbons (Fsp3) is 0.600. The lowest BCUT2D eigenvalue weighted by Crippen LogP contribution is -2.46. The van der Waals surface area contributed by atoms with E-state index in [2.05, 4.69) is 6.58 Å². The third-order valence-electron chi connectivity index (χ3n) is 5.17. The van der Waals surface area contributed by atoms with Gasteiger partial charge in [0.15, 0.2) is 5.78 Å². The normalized spacial score (nSPS) is 48.8. The van der Waals surface area contributed by atoms with Crippen LogP contribution in [-0.2, 0) is 14.3 Å². The van der Waals surface area contributed by atoms with Gasteiger partial charge in [0.1, 0.15) is 6.10 Å². The smallest absolute Gasteiger partial charge is 0.334 e. The highest BCUT2D eigenvalue weighted by atomic mass is 16.6. The lowest BCUT2D eigenvalue weighted by molar-refractivity contribution is -0.140. The van der Waals surface area contributed by atoms with Gasteiger partial charge in [-0.1, -0.05) is 19.6 Å². The quantitative estimate of drug-likeness (QED) is 0.527. The largest absolute Gasteiger partial charge is 0.458 e. The molecule has 2 fully saturated rings. The van der Waals surface area contributed by atoms with Crippen LogP contribution in [0, 0.1) is 23.2 Å². The van der Waals surface area contributed by atoms with Crippen LogP contribution in [0.4, 0.5) is 0 Å². The second kappa shape index (κ2) is 3.79. The van der Waals surface area contributed by atoms with Gasteiger partial charge in [-0.2, -0.15) is 0 Å². The summed E-state index contributed by atoms with van der Waals surface area (Å²) in [7, 11) is 0. The number of rotatable bonds is 0. The van der Waals surface area contributed by atoms with Crippen LogP contribution in [0.2, 0.25) is 0 Å². The summed E-state index contributed by atoms with van der Waals surface area (Å²) in [4.78, 5) is 23.9. The van der Waals surface area contributed by atoms with Gasteiger partial charge in [0, 0.05) is 5.57 Å². The Bertz CT molecular complexity index is 506. The van der Waals surface area contributed by atoms with Crippen molar-refractivity contribution >= 4 is 11.8 Å². The molecule has 1 saturated heterocycles. The zero-order valence-corrected chi connectivity index (χ0v) is 11.1. The second-order valence-electron chi connectivity index (χ2n) is 6.18. The van der Waals surface area contributed by atoms with E-state index >= 15 is 0 Å². The van der Waals surface area contributed by atoms with Crippen molar-refractivity contribution in [3.05, 3.63) is 24.3 Å². The summed E-state index contributed by atoms with van der Waals surface area (Å²) < 4.78 is 5.31. The Morgan fingerprint density at radius 2 is 2.16 bits per heavy atom. The molecule has 3 rings (SSSR count). The van der Waals surface area contributed by atoms with E-state index in [1.54, 1.807) is 13.0 Å². The molecule has 0 spiro atoms. The number of fused-ring (bicyclic) bond motifs is 2. The van der Waals surface area contributed by atoms with Crippen LogP contribution >= 0.6 is 0 Å². The van der Waals surface area contributed by atoms with Gasteiger partial charge in [0.2, 0.25) is 0 Å². The Morgan fingerprint density at radius 3 is 2.84 bits per heavy atom. The SMILES string of the molecule is C=C1C(=O)O[C@@H]2C[C@@H](C)C3C=CC(=O)[C@@]3(C)[C@@H](O)[C@H]12. The average Bonchev–Trinajstić information content (AvgIpc) is 2.77. The highest BCUT2D eigenvalue weighted by Gasteiger charge is 2.59. The number of aliphatic hydroxyl groups excluding tert-OH is 1. The fourth-order valence-electron chi connectivity index (χ4n) is 3.98. The summed E-state index contributed by atoms with van der Waals surface area (Å²) in [6.07, 6.45) is 2.83. The van der Waals surface area contributed by atoms with E-state index in [9.17, 15) is 14.7 Å². The van der Waals surface area contributed by atoms with Gasteiger partial charge >= 0.3 is 5.97 Å². The number of ether oxygens (including phenoxy) is 1. The molecule has 2 aliphatic carbocycles. The van der Waals surface area contributed by atoms with Gasteiger partial charge in [-0.05, 0) is 31.3 Å². The molecule has 4 nitrogen and oxygen atoms in total. The summed E-state index contributed by atoms with van der Waals surface area (Å²) in [5.74, 6) is -0.802. The van der Waals surface area contributed by atoms with Crippen LogP contribution in [-0.4, -0.2) is 29.1 Å². The highest BCUT2D eigenvalue weighted by Crippen LogP contribution is 2.52. The molecular weight excluding hydrogens is 244 g/mol.